The summed E-state index contributed by atoms with van der Waals surface area (Å²) in [5.41, 5.74) is 5.31. The van der Waals surface area contributed by atoms with Crippen molar-refractivity contribution in [2.75, 3.05) is 6.54 Å². The number of benzene rings is 1. The van der Waals surface area contributed by atoms with Crippen molar-refractivity contribution in [2.45, 2.75) is 43.7 Å². The molecule has 1 heterocycles. The Bertz CT molecular complexity index is 650. The third kappa shape index (κ3) is 2.99. The highest BCUT2D eigenvalue weighted by atomic mass is 32.2. The minimum Gasteiger partial charge on any atom is -0.330 e. The zero-order valence-corrected chi connectivity index (χ0v) is 13.5. The number of sulfonamides is 1. The number of nitrogens with zero attached hydrogens (tertiary/aromatic N) is 2. The summed E-state index contributed by atoms with van der Waals surface area (Å²) in [6.45, 7) is 4.17. The van der Waals surface area contributed by atoms with Crippen LogP contribution in [0, 0.1) is 16.0 Å². The molecule has 1 aliphatic heterocycles. The van der Waals surface area contributed by atoms with Crippen LogP contribution in [-0.2, 0) is 10.0 Å². The maximum atomic E-state index is 12.9. The van der Waals surface area contributed by atoms with Gasteiger partial charge in [0.2, 0.25) is 10.0 Å². The second-order valence-electron chi connectivity index (χ2n) is 5.83. The second kappa shape index (κ2) is 6.31. The van der Waals surface area contributed by atoms with Crippen LogP contribution < -0.4 is 5.73 Å². The van der Waals surface area contributed by atoms with Crippen LogP contribution in [0.25, 0.3) is 0 Å². The van der Waals surface area contributed by atoms with Crippen LogP contribution >= 0.6 is 0 Å². The lowest BCUT2D eigenvalue weighted by molar-refractivity contribution is -0.387. The summed E-state index contributed by atoms with van der Waals surface area (Å²) in [6.07, 6.45) is 1.33. The van der Waals surface area contributed by atoms with E-state index < -0.39 is 14.9 Å². The Balaban J connectivity index is 2.45. The zero-order chi connectivity index (χ0) is 16.5. The molecule has 1 fully saturated rings. The van der Waals surface area contributed by atoms with Crippen molar-refractivity contribution in [1.29, 1.82) is 0 Å². The molecule has 2 N–H and O–H groups in total. The van der Waals surface area contributed by atoms with Crippen LogP contribution in [0.15, 0.2) is 29.2 Å². The van der Waals surface area contributed by atoms with Gasteiger partial charge in [0.15, 0.2) is 4.90 Å². The Morgan fingerprint density at radius 1 is 1.27 bits per heavy atom. The lowest BCUT2D eigenvalue weighted by Crippen LogP contribution is -2.50. The number of piperidine rings is 1. The molecule has 0 saturated carbocycles. The van der Waals surface area contributed by atoms with Crippen molar-refractivity contribution in [2.24, 2.45) is 11.7 Å². The van der Waals surface area contributed by atoms with E-state index in [1.165, 1.54) is 28.6 Å². The number of nitro groups is 1. The first-order chi connectivity index (χ1) is 10.3. The van der Waals surface area contributed by atoms with Gasteiger partial charge in [0, 0.05) is 18.2 Å². The van der Waals surface area contributed by atoms with Gasteiger partial charge in [-0.3, -0.25) is 10.1 Å². The number of nitro benzene ring substituents is 1. The summed E-state index contributed by atoms with van der Waals surface area (Å²) in [4.78, 5) is 10.2. The molecule has 122 valence electrons. The van der Waals surface area contributed by atoms with E-state index in [2.05, 4.69) is 0 Å². The van der Waals surface area contributed by atoms with Crippen molar-refractivity contribution < 1.29 is 13.3 Å². The first-order valence-electron chi connectivity index (χ1n) is 7.26. The van der Waals surface area contributed by atoms with Gasteiger partial charge in [0.05, 0.1) is 4.92 Å². The van der Waals surface area contributed by atoms with Gasteiger partial charge in [-0.2, -0.15) is 4.31 Å². The van der Waals surface area contributed by atoms with E-state index in [1.807, 2.05) is 13.8 Å². The quantitative estimate of drug-likeness (QED) is 0.669. The molecule has 2 atom stereocenters. The van der Waals surface area contributed by atoms with Crippen LogP contribution in [0.2, 0.25) is 0 Å². The summed E-state index contributed by atoms with van der Waals surface area (Å²) >= 11 is 0. The first kappa shape index (κ1) is 16.9. The number of hydrogen-bond donors (Lipinski definition) is 1. The van der Waals surface area contributed by atoms with E-state index in [0.717, 1.165) is 0 Å². The fourth-order valence-electron chi connectivity index (χ4n) is 3.31. The van der Waals surface area contributed by atoms with E-state index >= 15 is 0 Å². The molecular weight excluding hydrogens is 306 g/mol. The highest BCUT2D eigenvalue weighted by Crippen LogP contribution is 2.35. The number of nitrogens with two attached hydrogens (primary N) is 1. The fraction of sp³-hybridized carbons (Fsp3) is 0.571. The van der Waals surface area contributed by atoms with Crippen LogP contribution in [0.5, 0.6) is 0 Å². The monoisotopic (exact) mass is 327 g/mol. The first-order valence-corrected chi connectivity index (χ1v) is 8.70. The molecule has 0 aliphatic carbocycles. The van der Waals surface area contributed by atoms with Crippen LogP contribution in [0.1, 0.15) is 26.7 Å². The molecule has 7 nitrogen and oxygen atoms in total. The van der Waals surface area contributed by atoms with Crippen molar-refractivity contribution >= 4 is 15.7 Å². The summed E-state index contributed by atoms with van der Waals surface area (Å²) in [5, 5.41) is 11.1. The lowest BCUT2D eigenvalue weighted by Gasteiger charge is -2.41. The Kier molecular flexibility index (Phi) is 4.84. The van der Waals surface area contributed by atoms with Gasteiger partial charge in [0.1, 0.15) is 0 Å². The topological polar surface area (TPSA) is 107 Å². The molecule has 0 bridgehead atoms. The normalized spacial score (nSPS) is 26.8. The van der Waals surface area contributed by atoms with Crippen LogP contribution in [0.3, 0.4) is 0 Å². The van der Waals surface area contributed by atoms with Crippen LogP contribution in [0.4, 0.5) is 5.69 Å². The van der Waals surface area contributed by atoms with Gasteiger partial charge in [0.25, 0.3) is 5.69 Å². The highest BCUT2D eigenvalue weighted by Gasteiger charge is 2.41. The number of para-hydroxylation sites is 1. The van der Waals surface area contributed by atoms with Gasteiger partial charge in [-0.1, -0.05) is 12.1 Å². The minimum absolute atomic E-state index is 0.234. The van der Waals surface area contributed by atoms with E-state index in [1.54, 1.807) is 0 Å². The third-order valence-corrected chi connectivity index (χ3v) is 6.34. The summed E-state index contributed by atoms with van der Waals surface area (Å²) in [7, 11) is -3.92. The van der Waals surface area contributed by atoms with Crippen molar-refractivity contribution in [1.82, 2.24) is 4.31 Å². The number of rotatable bonds is 4. The average molecular weight is 327 g/mol. The molecule has 1 aromatic carbocycles. The number of hydrogen-bond acceptors (Lipinski definition) is 5. The Morgan fingerprint density at radius 3 is 2.32 bits per heavy atom. The maximum absolute atomic E-state index is 12.9. The second-order valence-corrected chi connectivity index (χ2v) is 7.64. The van der Waals surface area contributed by atoms with Gasteiger partial charge < -0.3 is 5.73 Å². The molecule has 22 heavy (non-hydrogen) atoms. The summed E-state index contributed by atoms with van der Waals surface area (Å²) < 4.78 is 27.2. The Morgan fingerprint density at radius 2 is 1.82 bits per heavy atom. The average Bonchev–Trinajstić information content (AvgIpc) is 2.46. The highest BCUT2D eigenvalue weighted by molar-refractivity contribution is 7.89. The standard InChI is InChI=1S/C14H21N3O4S/c1-10-7-12(9-15)8-11(2)16(10)22(20,21)14-6-4-3-5-13(14)17(18)19/h3-6,10-12H,7-9,15H2,1-2H3. The predicted molar refractivity (Wildman–Crippen MR) is 82.8 cm³/mol. The van der Waals surface area contributed by atoms with Crippen LogP contribution in [-0.4, -0.2) is 36.3 Å². The summed E-state index contributed by atoms with van der Waals surface area (Å²) in [6, 6.07) is 5.01. The molecular formula is C14H21N3O4S. The summed E-state index contributed by atoms with van der Waals surface area (Å²) in [5.74, 6) is 0.280. The Hall–Kier alpha value is -1.51. The van der Waals surface area contributed by atoms with Crippen molar-refractivity contribution in [3.05, 3.63) is 34.4 Å². The largest absolute Gasteiger partial charge is 0.330 e. The van der Waals surface area contributed by atoms with Crippen molar-refractivity contribution in [3.63, 3.8) is 0 Å². The van der Waals surface area contributed by atoms with Gasteiger partial charge in [-0.05, 0) is 45.2 Å². The lowest BCUT2D eigenvalue weighted by atomic mass is 9.89. The van der Waals surface area contributed by atoms with E-state index in [0.29, 0.717) is 19.4 Å². The van der Waals surface area contributed by atoms with Crippen molar-refractivity contribution in [3.8, 4) is 0 Å². The SMILES string of the molecule is CC1CC(CN)CC(C)N1S(=O)(=O)c1ccccc1[N+](=O)[O-]. The van der Waals surface area contributed by atoms with Gasteiger partial charge >= 0.3 is 0 Å². The molecule has 0 amide bonds. The zero-order valence-electron chi connectivity index (χ0n) is 12.7. The molecule has 8 heteroatoms. The molecule has 1 aromatic rings. The Labute approximate surface area is 130 Å². The molecule has 1 aliphatic rings. The molecule has 0 aromatic heterocycles. The van der Waals surface area contributed by atoms with E-state index in [4.69, 9.17) is 5.73 Å². The van der Waals surface area contributed by atoms with E-state index in [9.17, 15) is 18.5 Å². The third-order valence-electron chi connectivity index (χ3n) is 4.17. The molecule has 2 rings (SSSR count). The molecule has 0 spiro atoms. The van der Waals surface area contributed by atoms with Gasteiger partial charge in [-0.25, -0.2) is 8.42 Å². The predicted octanol–water partition coefficient (Wildman–Crippen LogP) is 1.73. The van der Waals surface area contributed by atoms with Gasteiger partial charge in [-0.15, -0.1) is 0 Å². The molecule has 0 radical (unpaired) electrons. The molecule has 1 saturated heterocycles. The van der Waals surface area contributed by atoms with E-state index in [-0.39, 0.29) is 28.6 Å². The minimum atomic E-state index is -3.92. The maximum Gasteiger partial charge on any atom is 0.289 e. The fourth-order valence-corrected chi connectivity index (χ4v) is 5.31. The smallest absolute Gasteiger partial charge is 0.289 e. The molecule has 2 unspecified atom stereocenters.